The lowest BCUT2D eigenvalue weighted by molar-refractivity contribution is 0.114. The van der Waals surface area contributed by atoms with E-state index in [9.17, 15) is 0 Å². The molecule has 3 rings (SSSR count). The number of aliphatic imine (C=N–C) groups is 1. The van der Waals surface area contributed by atoms with Crippen LogP contribution in [0.3, 0.4) is 0 Å². The molecule has 1 unspecified atom stereocenters. The highest BCUT2D eigenvalue weighted by atomic mass is 32.1. The van der Waals surface area contributed by atoms with Gasteiger partial charge in [-0.05, 0) is 33.6 Å². The maximum absolute atomic E-state index is 5.70. The fourth-order valence-electron chi connectivity index (χ4n) is 2.86. The van der Waals surface area contributed by atoms with E-state index in [1.807, 2.05) is 18.5 Å². The van der Waals surface area contributed by atoms with E-state index in [-0.39, 0.29) is 6.10 Å². The fraction of sp³-hybridized carbons (Fsp3) is 0.667. The Hall–Kier alpha value is -2.00. The summed E-state index contributed by atoms with van der Waals surface area (Å²) in [5.41, 5.74) is 1.12. The molecule has 0 saturated carbocycles. The molecule has 0 amide bonds. The van der Waals surface area contributed by atoms with E-state index in [1.54, 1.807) is 11.3 Å². The van der Waals surface area contributed by atoms with E-state index in [0.29, 0.717) is 6.54 Å². The lowest BCUT2D eigenvalue weighted by Gasteiger charge is -2.15. The molecule has 1 aliphatic heterocycles. The average molecular weight is 392 g/mol. The molecule has 0 radical (unpaired) electrons. The van der Waals surface area contributed by atoms with Crippen LogP contribution in [0.25, 0.3) is 0 Å². The average Bonchev–Trinajstić information content (AvgIpc) is 3.35. The van der Waals surface area contributed by atoms with Gasteiger partial charge in [-0.1, -0.05) is 0 Å². The number of rotatable bonds is 7. The molecule has 2 aromatic rings. The van der Waals surface area contributed by atoms with Gasteiger partial charge in [0, 0.05) is 38.0 Å². The van der Waals surface area contributed by atoms with E-state index < -0.39 is 0 Å². The smallest absolute Gasteiger partial charge is 0.191 e. The Bertz CT molecular complexity index is 757. The first-order chi connectivity index (χ1) is 13.0. The molecule has 1 fully saturated rings. The molecule has 3 heterocycles. The maximum Gasteiger partial charge on any atom is 0.191 e. The van der Waals surface area contributed by atoms with Crippen molar-refractivity contribution in [2.75, 3.05) is 19.7 Å². The van der Waals surface area contributed by atoms with Crippen LogP contribution in [0.1, 0.15) is 40.1 Å². The molecular weight excluding hydrogens is 362 g/mol. The number of aromatic nitrogens is 4. The molecule has 1 atom stereocenters. The van der Waals surface area contributed by atoms with E-state index >= 15 is 0 Å². The summed E-state index contributed by atoms with van der Waals surface area (Å²) in [6, 6.07) is 0. The molecule has 2 aromatic heterocycles. The highest BCUT2D eigenvalue weighted by Gasteiger charge is 2.16. The van der Waals surface area contributed by atoms with E-state index in [4.69, 9.17) is 4.74 Å². The summed E-state index contributed by atoms with van der Waals surface area (Å²) in [5.74, 6) is 2.50. The first-order valence-corrected chi connectivity index (χ1v) is 10.3. The fourth-order valence-corrected chi connectivity index (χ4v) is 3.80. The van der Waals surface area contributed by atoms with Crippen LogP contribution in [-0.2, 0) is 24.8 Å². The molecule has 0 aliphatic carbocycles. The second-order valence-electron chi connectivity index (χ2n) is 6.83. The Morgan fingerprint density at radius 2 is 2.15 bits per heavy atom. The number of nitrogens with zero attached hydrogens (tertiary/aromatic N) is 5. The second kappa shape index (κ2) is 9.27. The quantitative estimate of drug-likeness (QED) is 0.551. The molecule has 9 heteroatoms. The van der Waals surface area contributed by atoms with Gasteiger partial charge in [0.05, 0.1) is 16.8 Å². The summed E-state index contributed by atoms with van der Waals surface area (Å²) < 4.78 is 7.66. The summed E-state index contributed by atoms with van der Waals surface area (Å²) in [5, 5.41) is 16.2. The predicted molar refractivity (Wildman–Crippen MR) is 107 cm³/mol. The molecular formula is C18H29N7OS. The second-order valence-corrected chi connectivity index (χ2v) is 8.12. The third kappa shape index (κ3) is 5.49. The number of ether oxygens (including phenoxy) is 1. The van der Waals surface area contributed by atoms with E-state index in [1.165, 1.54) is 4.88 Å². The number of hydrogen-bond acceptors (Lipinski definition) is 6. The minimum absolute atomic E-state index is 0.262. The molecule has 0 aromatic carbocycles. The Labute approximate surface area is 164 Å². The van der Waals surface area contributed by atoms with Crippen molar-refractivity contribution < 1.29 is 4.74 Å². The van der Waals surface area contributed by atoms with Crippen molar-refractivity contribution in [3.63, 3.8) is 0 Å². The molecule has 148 valence electrons. The Morgan fingerprint density at radius 1 is 1.30 bits per heavy atom. The largest absolute Gasteiger partial charge is 0.376 e. The van der Waals surface area contributed by atoms with Crippen molar-refractivity contribution in [1.82, 2.24) is 30.4 Å². The van der Waals surface area contributed by atoms with Crippen molar-refractivity contribution in [2.24, 2.45) is 12.0 Å². The van der Waals surface area contributed by atoms with Crippen LogP contribution in [0.4, 0.5) is 0 Å². The van der Waals surface area contributed by atoms with E-state index in [0.717, 1.165) is 67.3 Å². The molecule has 27 heavy (non-hydrogen) atoms. The van der Waals surface area contributed by atoms with Gasteiger partial charge in [0.25, 0.3) is 0 Å². The predicted octanol–water partition coefficient (Wildman–Crippen LogP) is 1.65. The molecule has 8 nitrogen and oxygen atoms in total. The van der Waals surface area contributed by atoms with Crippen molar-refractivity contribution in [3.8, 4) is 0 Å². The zero-order valence-electron chi connectivity index (χ0n) is 16.6. The maximum atomic E-state index is 5.70. The number of hydrogen-bond donors (Lipinski definition) is 2. The third-order valence-electron chi connectivity index (χ3n) is 4.79. The lowest BCUT2D eigenvalue weighted by Crippen LogP contribution is -2.42. The van der Waals surface area contributed by atoms with Crippen LogP contribution in [0.15, 0.2) is 4.99 Å². The normalized spacial score (nSPS) is 17.5. The Morgan fingerprint density at radius 3 is 2.78 bits per heavy atom. The number of nitrogens with one attached hydrogen (secondary N) is 2. The molecule has 1 saturated heterocycles. The summed E-state index contributed by atoms with van der Waals surface area (Å²) in [6.45, 7) is 8.99. The Balaban J connectivity index is 1.57. The van der Waals surface area contributed by atoms with Crippen molar-refractivity contribution in [2.45, 2.75) is 52.7 Å². The van der Waals surface area contributed by atoms with Gasteiger partial charge < -0.3 is 19.9 Å². The zero-order valence-corrected chi connectivity index (χ0v) is 17.4. The van der Waals surface area contributed by atoms with Crippen LogP contribution in [-0.4, -0.2) is 51.5 Å². The van der Waals surface area contributed by atoms with Crippen molar-refractivity contribution >= 4 is 17.3 Å². The van der Waals surface area contributed by atoms with Gasteiger partial charge in [0.15, 0.2) is 11.8 Å². The van der Waals surface area contributed by atoms with Gasteiger partial charge in [-0.25, -0.2) is 9.98 Å². The van der Waals surface area contributed by atoms with Gasteiger partial charge in [-0.3, -0.25) is 0 Å². The monoisotopic (exact) mass is 391 g/mol. The first kappa shape index (κ1) is 19.8. The topological polar surface area (TPSA) is 89.3 Å². The van der Waals surface area contributed by atoms with Crippen LogP contribution in [0.5, 0.6) is 0 Å². The van der Waals surface area contributed by atoms with Crippen LogP contribution >= 0.6 is 11.3 Å². The minimum atomic E-state index is 0.262. The summed E-state index contributed by atoms with van der Waals surface area (Å²) >= 11 is 1.76. The lowest BCUT2D eigenvalue weighted by atomic mass is 10.2. The standard InChI is InChI=1S/C18H29N7OS/c1-12-13(2)27-17(22-12)7-8-19-18(20-10-15-6-5-9-26-15)21-11-16-24-23-14(3)25(16)4/h15H,5-11H2,1-4H3,(H2,19,20,21). The molecule has 0 spiro atoms. The van der Waals surface area contributed by atoms with Crippen molar-refractivity contribution in [3.05, 3.63) is 27.2 Å². The van der Waals surface area contributed by atoms with E-state index in [2.05, 4.69) is 44.7 Å². The van der Waals surface area contributed by atoms with Crippen LogP contribution < -0.4 is 10.6 Å². The SMILES string of the molecule is Cc1nc(CCNC(=NCc2nnc(C)n2C)NCC2CCCO2)sc1C. The van der Waals surface area contributed by atoms with Gasteiger partial charge in [0.1, 0.15) is 12.4 Å². The third-order valence-corrected chi connectivity index (χ3v) is 5.92. The zero-order chi connectivity index (χ0) is 19.2. The molecule has 0 bridgehead atoms. The first-order valence-electron chi connectivity index (χ1n) is 9.44. The highest BCUT2D eigenvalue weighted by molar-refractivity contribution is 7.11. The van der Waals surface area contributed by atoms with Gasteiger partial charge >= 0.3 is 0 Å². The number of guanidine groups is 1. The summed E-state index contributed by atoms with van der Waals surface area (Å²) in [7, 11) is 1.96. The summed E-state index contributed by atoms with van der Waals surface area (Å²) in [4.78, 5) is 10.6. The molecule has 2 N–H and O–H groups in total. The minimum Gasteiger partial charge on any atom is -0.376 e. The van der Waals surface area contributed by atoms with Crippen LogP contribution in [0, 0.1) is 20.8 Å². The number of thiazole rings is 1. The Kier molecular flexibility index (Phi) is 6.78. The van der Waals surface area contributed by atoms with Gasteiger partial charge in [-0.15, -0.1) is 21.5 Å². The van der Waals surface area contributed by atoms with Gasteiger partial charge in [0.2, 0.25) is 0 Å². The van der Waals surface area contributed by atoms with Crippen molar-refractivity contribution in [1.29, 1.82) is 0 Å². The highest BCUT2D eigenvalue weighted by Crippen LogP contribution is 2.16. The van der Waals surface area contributed by atoms with Crippen LogP contribution in [0.2, 0.25) is 0 Å². The van der Waals surface area contributed by atoms with Gasteiger partial charge in [-0.2, -0.15) is 0 Å². The summed E-state index contributed by atoms with van der Waals surface area (Å²) in [6.07, 6.45) is 3.37. The number of aryl methyl sites for hydroxylation is 3. The molecule has 1 aliphatic rings.